The van der Waals surface area contributed by atoms with Gasteiger partial charge >= 0.3 is 0 Å². The second-order valence-corrected chi connectivity index (χ2v) is 5.99. The van der Waals surface area contributed by atoms with Gasteiger partial charge in [0.25, 0.3) is 6.43 Å². The van der Waals surface area contributed by atoms with E-state index in [0.29, 0.717) is 12.2 Å². The summed E-state index contributed by atoms with van der Waals surface area (Å²) in [5.41, 5.74) is 0.946. The van der Waals surface area contributed by atoms with Crippen molar-refractivity contribution in [3.63, 3.8) is 0 Å². The molecule has 2 aromatic heterocycles. The number of carbonyl (C=O) groups excluding carboxylic acids is 1. The minimum Gasteiger partial charge on any atom is -0.350 e. The van der Waals surface area contributed by atoms with Gasteiger partial charge in [0, 0.05) is 31.3 Å². The van der Waals surface area contributed by atoms with Crippen molar-refractivity contribution < 1.29 is 13.6 Å². The second kappa shape index (κ2) is 6.27. The normalized spacial score (nSPS) is 14.5. The van der Waals surface area contributed by atoms with E-state index in [1.165, 1.54) is 4.68 Å². The summed E-state index contributed by atoms with van der Waals surface area (Å²) in [6.45, 7) is 0.195. The molecule has 1 fully saturated rings. The van der Waals surface area contributed by atoms with Crippen molar-refractivity contribution in [1.29, 1.82) is 0 Å². The summed E-state index contributed by atoms with van der Waals surface area (Å²) in [4.78, 5) is 12.0. The number of carbonyl (C=O) groups is 1. The summed E-state index contributed by atoms with van der Waals surface area (Å²) in [6, 6.07) is 0. The molecule has 0 spiro atoms. The lowest BCUT2D eigenvalue weighted by molar-refractivity contribution is -0.122. The van der Waals surface area contributed by atoms with E-state index in [9.17, 15) is 13.6 Å². The number of hydrogen-bond acceptors (Lipinski definition) is 3. The highest BCUT2D eigenvalue weighted by Crippen LogP contribution is 2.45. The maximum Gasteiger partial charge on any atom is 0.283 e. The van der Waals surface area contributed by atoms with E-state index in [-0.39, 0.29) is 23.4 Å². The first-order chi connectivity index (χ1) is 11.0. The molecule has 0 radical (unpaired) electrons. The van der Waals surface area contributed by atoms with Gasteiger partial charge in [-0.3, -0.25) is 14.2 Å². The van der Waals surface area contributed by atoms with Crippen LogP contribution in [-0.2, 0) is 24.9 Å². The Morgan fingerprint density at radius 1 is 1.52 bits per heavy atom. The quantitative estimate of drug-likeness (QED) is 0.876. The maximum absolute atomic E-state index is 12.9. The third-order valence-electron chi connectivity index (χ3n) is 3.67. The van der Waals surface area contributed by atoms with Crippen molar-refractivity contribution in [1.82, 2.24) is 24.9 Å². The van der Waals surface area contributed by atoms with Crippen molar-refractivity contribution in [3.05, 3.63) is 34.4 Å². The SMILES string of the molecule is Cn1cc(CNC(=O)Cn2nc(C(F)F)c(Cl)c2C2CC2)cn1. The second-order valence-electron chi connectivity index (χ2n) is 5.62. The van der Waals surface area contributed by atoms with Gasteiger partial charge in [-0.05, 0) is 12.8 Å². The van der Waals surface area contributed by atoms with Gasteiger partial charge in [-0.1, -0.05) is 11.6 Å². The number of rotatable bonds is 6. The Kier molecular flexibility index (Phi) is 4.34. The van der Waals surface area contributed by atoms with E-state index in [4.69, 9.17) is 11.6 Å². The van der Waals surface area contributed by atoms with Gasteiger partial charge in [-0.15, -0.1) is 0 Å². The number of nitrogens with zero attached hydrogens (tertiary/aromatic N) is 4. The molecule has 1 aliphatic carbocycles. The monoisotopic (exact) mass is 343 g/mol. The summed E-state index contributed by atoms with van der Waals surface area (Å²) >= 11 is 6.01. The van der Waals surface area contributed by atoms with Gasteiger partial charge in [-0.2, -0.15) is 10.2 Å². The Balaban J connectivity index is 1.69. The van der Waals surface area contributed by atoms with Gasteiger partial charge in [0.05, 0.1) is 16.9 Å². The lowest BCUT2D eigenvalue weighted by Crippen LogP contribution is -2.28. The number of nitrogens with one attached hydrogen (secondary N) is 1. The number of alkyl halides is 2. The standard InChI is InChI=1S/C14H16ClF2N5O/c1-21-6-8(5-19-21)4-18-10(23)7-22-13(9-2-3-9)11(15)12(20-22)14(16)17/h5-6,9,14H,2-4,7H2,1H3,(H,18,23). The fourth-order valence-electron chi connectivity index (χ4n) is 2.43. The molecule has 0 saturated heterocycles. The van der Waals surface area contributed by atoms with Gasteiger partial charge < -0.3 is 5.32 Å². The van der Waals surface area contributed by atoms with Gasteiger partial charge in [0.2, 0.25) is 5.91 Å². The van der Waals surface area contributed by atoms with Crippen LogP contribution in [0.2, 0.25) is 5.02 Å². The molecular formula is C14H16ClF2N5O. The van der Waals surface area contributed by atoms with Crippen LogP contribution in [0.5, 0.6) is 0 Å². The molecule has 124 valence electrons. The average molecular weight is 344 g/mol. The van der Waals surface area contributed by atoms with Crippen molar-refractivity contribution >= 4 is 17.5 Å². The first-order valence-electron chi connectivity index (χ1n) is 7.24. The summed E-state index contributed by atoms with van der Waals surface area (Å²) in [5, 5.41) is 10.5. The predicted molar refractivity (Wildman–Crippen MR) is 79.2 cm³/mol. The molecule has 9 heteroatoms. The molecule has 3 rings (SSSR count). The molecule has 2 heterocycles. The zero-order valence-corrected chi connectivity index (χ0v) is 13.2. The van der Waals surface area contributed by atoms with Gasteiger partial charge in [0.1, 0.15) is 12.2 Å². The average Bonchev–Trinajstić information content (AvgIpc) is 3.15. The van der Waals surface area contributed by atoms with Crippen LogP contribution in [0.4, 0.5) is 8.78 Å². The molecule has 23 heavy (non-hydrogen) atoms. The van der Waals surface area contributed by atoms with Crippen LogP contribution in [0.3, 0.4) is 0 Å². The number of amides is 1. The number of aromatic nitrogens is 4. The van der Waals surface area contributed by atoms with Crippen molar-refractivity contribution in [3.8, 4) is 0 Å². The fourth-order valence-corrected chi connectivity index (χ4v) is 2.81. The molecule has 0 aromatic carbocycles. The first-order valence-corrected chi connectivity index (χ1v) is 7.62. The van der Waals surface area contributed by atoms with E-state index in [2.05, 4.69) is 15.5 Å². The predicted octanol–water partition coefficient (Wildman–Crippen LogP) is 2.40. The topological polar surface area (TPSA) is 64.7 Å². The molecule has 0 aliphatic heterocycles. The van der Waals surface area contributed by atoms with Crippen LogP contribution < -0.4 is 5.32 Å². The van der Waals surface area contributed by atoms with Crippen molar-refractivity contribution in [2.75, 3.05) is 0 Å². The molecule has 0 atom stereocenters. The third-order valence-corrected chi connectivity index (χ3v) is 4.06. The summed E-state index contributed by atoms with van der Waals surface area (Å²) < 4.78 is 28.8. The molecule has 0 unspecified atom stereocenters. The highest BCUT2D eigenvalue weighted by atomic mass is 35.5. The summed E-state index contributed by atoms with van der Waals surface area (Å²) in [7, 11) is 1.78. The van der Waals surface area contributed by atoms with Crippen molar-refractivity contribution in [2.24, 2.45) is 7.05 Å². The highest BCUT2D eigenvalue weighted by molar-refractivity contribution is 6.32. The largest absolute Gasteiger partial charge is 0.350 e. The Labute approximate surface area is 136 Å². The summed E-state index contributed by atoms with van der Waals surface area (Å²) in [6.07, 6.45) is 2.45. The number of aryl methyl sites for hydroxylation is 1. The zero-order valence-electron chi connectivity index (χ0n) is 12.5. The fraction of sp³-hybridized carbons (Fsp3) is 0.500. The number of hydrogen-bond donors (Lipinski definition) is 1. The molecule has 6 nitrogen and oxygen atoms in total. The number of halogens is 3. The van der Waals surface area contributed by atoms with Crippen LogP contribution in [0.1, 0.15) is 42.1 Å². The van der Waals surface area contributed by atoms with E-state index < -0.39 is 12.1 Å². The highest BCUT2D eigenvalue weighted by Gasteiger charge is 2.34. The molecule has 1 N–H and O–H groups in total. The Hall–Kier alpha value is -1.96. The van der Waals surface area contributed by atoms with E-state index in [1.807, 2.05) is 0 Å². The zero-order chi connectivity index (χ0) is 16.6. The van der Waals surface area contributed by atoms with E-state index in [1.54, 1.807) is 24.1 Å². The molecular weight excluding hydrogens is 328 g/mol. The van der Waals surface area contributed by atoms with Crippen LogP contribution in [0.15, 0.2) is 12.4 Å². The molecule has 1 aliphatic rings. The minimum absolute atomic E-state index is 0.0115. The van der Waals surface area contributed by atoms with Crippen LogP contribution in [0.25, 0.3) is 0 Å². The van der Waals surface area contributed by atoms with Crippen molar-refractivity contribution in [2.45, 2.75) is 38.3 Å². The molecule has 1 amide bonds. The molecule has 1 saturated carbocycles. The lowest BCUT2D eigenvalue weighted by Gasteiger charge is -2.07. The van der Waals surface area contributed by atoms with Crippen LogP contribution >= 0.6 is 11.6 Å². The Morgan fingerprint density at radius 2 is 2.26 bits per heavy atom. The molecule has 0 bridgehead atoms. The van der Waals surface area contributed by atoms with Crippen LogP contribution in [-0.4, -0.2) is 25.5 Å². The van der Waals surface area contributed by atoms with Gasteiger partial charge in [-0.25, -0.2) is 8.78 Å². The lowest BCUT2D eigenvalue weighted by atomic mass is 10.2. The van der Waals surface area contributed by atoms with Crippen LogP contribution in [0, 0.1) is 0 Å². The summed E-state index contributed by atoms with van der Waals surface area (Å²) in [5.74, 6) is -0.190. The Bertz CT molecular complexity index is 723. The van der Waals surface area contributed by atoms with Gasteiger partial charge in [0.15, 0.2) is 0 Å². The maximum atomic E-state index is 12.9. The Morgan fingerprint density at radius 3 is 2.83 bits per heavy atom. The third kappa shape index (κ3) is 3.52. The van der Waals surface area contributed by atoms with E-state index >= 15 is 0 Å². The van der Waals surface area contributed by atoms with E-state index in [0.717, 1.165) is 18.4 Å². The smallest absolute Gasteiger partial charge is 0.283 e. The first kappa shape index (κ1) is 15.9. The molecule has 2 aromatic rings. The minimum atomic E-state index is -2.75.